The molecule has 6 atom stereocenters. The van der Waals surface area contributed by atoms with Crippen molar-refractivity contribution in [2.24, 2.45) is 35.5 Å². The Labute approximate surface area is 132 Å². The second kappa shape index (κ2) is 6.63. The van der Waals surface area contributed by atoms with E-state index in [9.17, 15) is 0 Å². The van der Waals surface area contributed by atoms with E-state index in [0.29, 0.717) is 0 Å². The van der Waals surface area contributed by atoms with E-state index in [2.05, 4.69) is 0 Å². The van der Waals surface area contributed by atoms with E-state index in [1.165, 1.54) is 0 Å². The van der Waals surface area contributed by atoms with Crippen LogP contribution in [0.1, 0.15) is 96.3 Å². The van der Waals surface area contributed by atoms with Crippen LogP contribution in [0.5, 0.6) is 0 Å². The highest BCUT2D eigenvalue weighted by Crippen LogP contribution is 2.51. The molecule has 0 heteroatoms. The van der Waals surface area contributed by atoms with E-state index in [-0.39, 0.29) is 0 Å². The molecule has 0 spiro atoms. The van der Waals surface area contributed by atoms with Crippen LogP contribution in [0, 0.1) is 35.5 Å². The van der Waals surface area contributed by atoms with Gasteiger partial charge in [-0.15, -0.1) is 0 Å². The smallest absolute Gasteiger partial charge is 0.0357 e. The Morgan fingerprint density at radius 1 is 0.429 bits per heavy atom. The van der Waals surface area contributed by atoms with Gasteiger partial charge in [0.2, 0.25) is 0 Å². The number of hydrogen-bond donors (Lipinski definition) is 0. The van der Waals surface area contributed by atoms with Crippen molar-refractivity contribution in [2.75, 3.05) is 0 Å². The minimum Gasteiger partial charge on any atom is -0.0530 e. The topological polar surface area (TPSA) is 0 Å². The van der Waals surface area contributed by atoms with Gasteiger partial charge in [-0.25, -0.2) is 0 Å². The third-order valence-corrected chi connectivity index (χ3v) is 8.05. The first-order valence-corrected chi connectivity index (χ1v) is 10.4. The third kappa shape index (κ3) is 3.06. The molecule has 0 aromatic heterocycles. The largest absolute Gasteiger partial charge is 0.0530 e. The van der Waals surface area contributed by atoms with E-state index in [1.807, 2.05) is 0 Å². The minimum atomic E-state index is 1.13. The number of fused-ring (bicyclic) bond motifs is 2. The second-order valence-corrected chi connectivity index (χ2v) is 9.03. The molecule has 4 aliphatic carbocycles. The van der Waals surface area contributed by atoms with Crippen LogP contribution in [-0.2, 0) is 0 Å². The first-order valence-electron chi connectivity index (χ1n) is 10.4. The summed E-state index contributed by atoms with van der Waals surface area (Å²) in [5.41, 5.74) is 0. The Morgan fingerprint density at radius 3 is 1.38 bits per heavy atom. The van der Waals surface area contributed by atoms with Crippen molar-refractivity contribution in [1.29, 1.82) is 0 Å². The third-order valence-electron chi connectivity index (χ3n) is 8.05. The van der Waals surface area contributed by atoms with Crippen molar-refractivity contribution >= 4 is 0 Å². The van der Waals surface area contributed by atoms with Gasteiger partial charge in [-0.3, -0.25) is 0 Å². The van der Waals surface area contributed by atoms with Crippen molar-refractivity contribution in [1.82, 2.24) is 0 Å². The monoisotopic (exact) mass is 288 g/mol. The SMILES string of the molecule is C1CC[C@H]2[C@@H](C1)CCC[C@@H]2C[C@@H]1CCC[C@H]2CCCC[C@@H]21. The molecule has 0 aromatic carbocycles. The summed E-state index contributed by atoms with van der Waals surface area (Å²) < 4.78 is 0. The molecule has 120 valence electrons. The normalized spacial score (nSPS) is 47.4. The molecule has 0 N–H and O–H groups in total. The van der Waals surface area contributed by atoms with Gasteiger partial charge in [-0.1, -0.05) is 77.0 Å². The molecule has 0 amide bonds. The maximum Gasteiger partial charge on any atom is -0.0357 e. The summed E-state index contributed by atoms with van der Waals surface area (Å²) in [6.07, 6.45) is 23.6. The van der Waals surface area contributed by atoms with Crippen LogP contribution in [0.15, 0.2) is 0 Å². The molecule has 0 nitrogen and oxygen atoms in total. The summed E-state index contributed by atoms with van der Waals surface area (Å²) in [7, 11) is 0. The lowest BCUT2D eigenvalue weighted by atomic mass is 9.59. The molecular weight excluding hydrogens is 252 g/mol. The van der Waals surface area contributed by atoms with Gasteiger partial charge in [0.15, 0.2) is 0 Å². The molecule has 0 saturated heterocycles. The van der Waals surface area contributed by atoms with Crippen LogP contribution >= 0.6 is 0 Å². The van der Waals surface area contributed by atoms with Crippen LogP contribution in [0.3, 0.4) is 0 Å². The first kappa shape index (κ1) is 14.6. The summed E-state index contributed by atoms with van der Waals surface area (Å²) in [6.45, 7) is 0. The summed E-state index contributed by atoms with van der Waals surface area (Å²) >= 11 is 0. The molecule has 21 heavy (non-hydrogen) atoms. The zero-order chi connectivity index (χ0) is 14.1. The molecule has 0 aromatic rings. The van der Waals surface area contributed by atoms with E-state index >= 15 is 0 Å². The Bertz CT molecular complexity index is 297. The molecule has 4 saturated carbocycles. The molecule has 4 fully saturated rings. The molecule has 0 aliphatic heterocycles. The zero-order valence-corrected chi connectivity index (χ0v) is 14.1. The van der Waals surface area contributed by atoms with Gasteiger partial charge in [0.25, 0.3) is 0 Å². The fourth-order valence-corrected chi connectivity index (χ4v) is 7.12. The van der Waals surface area contributed by atoms with Gasteiger partial charge in [-0.05, 0) is 54.8 Å². The highest BCUT2D eigenvalue weighted by atomic mass is 14.5. The summed E-state index contributed by atoms with van der Waals surface area (Å²) in [6, 6.07) is 0. The number of rotatable bonds is 2. The second-order valence-electron chi connectivity index (χ2n) is 9.03. The maximum absolute atomic E-state index is 1.64. The lowest BCUT2D eigenvalue weighted by molar-refractivity contribution is 0.0403. The molecule has 0 radical (unpaired) electrons. The molecule has 0 bridgehead atoms. The molecule has 4 rings (SSSR count). The van der Waals surface area contributed by atoms with Gasteiger partial charge in [0, 0.05) is 0 Å². The predicted octanol–water partition coefficient (Wildman–Crippen LogP) is 6.59. The summed E-state index contributed by atoms with van der Waals surface area (Å²) in [5.74, 6) is 6.85. The van der Waals surface area contributed by atoms with Crippen molar-refractivity contribution < 1.29 is 0 Å². The molecule has 0 heterocycles. The summed E-state index contributed by atoms with van der Waals surface area (Å²) in [4.78, 5) is 0. The molecular formula is C21H36. The average Bonchev–Trinajstić information content (AvgIpc) is 2.56. The lowest BCUT2D eigenvalue weighted by Gasteiger charge is -2.47. The van der Waals surface area contributed by atoms with E-state index < -0.39 is 0 Å². The molecule has 0 unspecified atom stereocenters. The Kier molecular flexibility index (Phi) is 4.60. The van der Waals surface area contributed by atoms with Crippen molar-refractivity contribution in [3.8, 4) is 0 Å². The zero-order valence-electron chi connectivity index (χ0n) is 14.1. The van der Waals surface area contributed by atoms with Gasteiger partial charge in [-0.2, -0.15) is 0 Å². The van der Waals surface area contributed by atoms with Gasteiger partial charge in [0.05, 0.1) is 0 Å². The van der Waals surface area contributed by atoms with Gasteiger partial charge < -0.3 is 0 Å². The summed E-state index contributed by atoms with van der Waals surface area (Å²) in [5, 5.41) is 0. The van der Waals surface area contributed by atoms with Crippen LogP contribution in [0.2, 0.25) is 0 Å². The maximum atomic E-state index is 1.64. The fraction of sp³-hybridized carbons (Fsp3) is 1.00. The van der Waals surface area contributed by atoms with E-state index in [0.717, 1.165) is 35.5 Å². The Hall–Kier alpha value is 0. The van der Waals surface area contributed by atoms with Crippen molar-refractivity contribution in [3.63, 3.8) is 0 Å². The Balaban J connectivity index is 1.41. The fourth-order valence-electron chi connectivity index (χ4n) is 7.12. The first-order chi connectivity index (χ1) is 10.4. The highest BCUT2D eigenvalue weighted by molar-refractivity contribution is 4.90. The quantitative estimate of drug-likeness (QED) is 0.537. The van der Waals surface area contributed by atoms with Gasteiger partial charge in [0.1, 0.15) is 0 Å². The van der Waals surface area contributed by atoms with Crippen molar-refractivity contribution in [3.05, 3.63) is 0 Å². The lowest BCUT2D eigenvalue weighted by Crippen LogP contribution is -2.36. The minimum absolute atomic E-state index is 1.13. The van der Waals surface area contributed by atoms with Crippen LogP contribution in [0.4, 0.5) is 0 Å². The standard InChI is InChI=1S/C21H36/c1-3-13-20-16(7-1)9-5-11-18(20)15-19-12-6-10-17-8-2-4-14-21(17)19/h16-21H,1-15H2/t16-,17+,18+,19-,20-,21-/m0/s1. The molecule has 4 aliphatic rings. The van der Waals surface area contributed by atoms with E-state index in [4.69, 9.17) is 0 Å². The average molecular weight is 289 g/mol. The van der Waals surface area contributed by atoms with Gasteiger partial charge >= 0.3 is 0 Å². The van der Waals surface area contributed by atoms with E-state index in [1.54, 1.807) is 96.3 Å². The van der Waals surface area contributed by atoms with Crippen LogP contribution < -0.4 is 0 Å². The number of hydrogen-bond acceptors (Lipinski definition) is 0. The van der Waals surface area contributed by atoms with Crippen LogP contribution in [0.25, 0.3) is 0 Å². The Morgan fingerprint density at radius 2 is 0.857 bits per heavy atom. The predicted molar refractivity (Wildman–Crippen MR) is 90.2 cm³/mol. The van der Waals surface area contributed by atoms with Crippen molar-refractivity contribution in [2.45, 2.75) is 96.3 Å². The highest BCUT2D eigenvalue weighted by Gasteiger charge is 2.40. The van der Waals surface area contributed by atoms with Crippen LogP contribution in [-0.4, -0.2) is 0 Å².